The number of benzene rings is 1. The third-order valence-corrected chi connectivity index (χ3v) is 3.30. The summed E-state index contributed by atoms with van der Waals surface area (Å²) >= 11 is 6.26. The quantitative estimate of drug-likeness (QED) is 0.710. The van der Waals surface area contributed by atoms with Gasteiger partial charge in [0.25, 0.3) is 0 Å². The first-order valence-corrected chi connectivity index (χ1v) is 6.86. The Labute approximate surface area is 125 Å². The van der Waals surface area contributed by atoms with Gasteiger partial charge in [-0.3, -0.25) is 4.79 Å². The highest BCUT2D eigenvalue weighted by atomic mass is 35.5. The number of carbonyl (C=O) groups is 1. The fourth-order valence-corrected chi connectivity index (χ4v) is 2.08. The van der Waals surface area contributed by atoms with Crippen molar-refractivity contribution in [2.75, 3.05) is 45.8 Å². The lowest BCUT2D eigenvalue weighted by molar-refractivity contribution is -0.119. The van der Waals surface area contributed by atoms with Crippen LogP contribution in [0, 0.1) is 0 Å². The van der Waals surface area contributed by atoms with Gasteiger partial charge in [0.05, 0.1) is 13.2 Å². The topological polar surface area (TPSA) is 53.6 Å². The molecule has 0 aliphatic carbocycles. The maximum atomic E-state index is 11.5. The molecule has 2 N–H and O–H groups in total. The number of halogens is 1. The third kappa shape index (κ3) is 5.00. The highest BCUT2D eigenvalue weighted by Crippen LogP contribution is 2.26. The molecule has 0 aliphatic heterocycles. The van der Waals surface area contributed by atoms with E-state index in [2.05, 4.69) is 10.6 Å². The largest absolute Gasteiger partial charge is 0.383 e. The van der Waals surface area contributed by atoms with Crippen molar-refractivity contribution in [2.45, 2.75) is 6.54 Å². The minimum absolute atomic E-state index is 0.0363. The average molecular weight is 300 g/mol. The van der Waals surface area contributed by atoms with E-state index in [1.54, 1.807) is 14.2 Å². The molecule has 1 rings (SSSR count). The number of hydrogen-bond acceptors (Lipinski definition) is 4. The van der Waals surface area contributed by atoms with Crippen LogP contribution in [-0.4, -0.2) is 46.8 Å². The number of nitrogens with one attached hydrogen (secondary N) is 2. The van der Waals surface area contributed by atoms with Crippen LogP contribution in [-0.2, 0) is 16.1 Å². The molecule has 0 bridgehead atoms. The van der Waals surface area contributed by atoms with Gasteiger partial charge in [0.2, 0.25) is 5.91 Å². The van der Waals surface area contributed by atoms with Crippen LogP contribution in [0.3, 0.4) is 0 Å². The van der Waals surface area contributed by atoms with Crippen LogP contribution in [0.4, 0.5) is 5.69 Å². The molecule has 0 aliphatic rings. The molecule has 0 unspecified atom stereocenters. The molecule has 112 valence electrons. The first-order valence-electron chi connectivity index (χ1n) is 6.49. The number of nitrogens with zero attached hydrogens (tertiary/aromatic N) is 1. The van der Waals surface area contributed by atoms with E-state index in [0.717, 1.165) is 17.8 Å². The molecule has 6 heteroatoms. The smallest absolute Gasteiger partial charge is 0.239 e. The number of amides is 1. The third-order valence-electron chi connectivity index (χ3n) is 2.95. The Balaban J connectivity index is 2.78. The fourth-order valence-electron chi connectivity index (χ4n) is 1.85. The van der Waals surface area contributed by atoms with E-state index in [9.17, 15) is 4.79 Å². The zero-order valence-corrected chi connectivity index (χ0v) is 13.0. The number of rotatable bonds is 8. The lowest BCUT2D eigenvalue weighted by Gasteiger charge is -2.22. The molecular weight excluding hydrogens is 278 g/mol. The van der Waals surface area contributed by atoms with Gasteiger partial charge in [-0.25, -0.2) is 0 Å². The zero-order valence-electron chi connectivity index (χ0n) is 12.2. The van der Waals surface area contributed by atoms with Crippen molar-refractivity contribution in [1.29, 1.82) is 0 Å². The van der Waals surface area contributed by atoms with E-state index in [4.69, 9.17) is 16.3 Å². The highest BCUT2D eigenvalue weighted by molar-refractivity contribution is 6.31. The van der Waals surface area contributed by atoms with E-state index in [0.29, 0.717) is 24.7 Å². The van der Waals surface area contributed by atoms with Gasteiger partial charge in [-0.2, -0.15) is 0 Å². The van der Waals surface area contributed by atoms with Crippen molar-refractivity contribution in [1.82, 2.24) is 10.6 Å². The van der Waals surface area contributed by atoms with E-state index >= 15 is 0 Å². The van der Waals surface area contributed by atoms with Crippen LogP contribution in [0.1, 0.15) is 5.56 Å². The first kappa shape index (κ1) is 16.8. The molecule has 0 fully saturated rings. The monoisotopic (exact) mass is 299 g/mol. The molecule has 0 aromatic heterocycles. The number of carbonyl (C=O) groups excluding carboxylic acids is 1. The van der Waals surface area contributed by atoms with Gasteiger partial charge in [-0.05, 0) is 12.1 Å². The molecule has 0 heterocycles. The maximum Gasteiger partial charge on any atom is 0.239 e. The summed E-state index contributed by atoms with van der Waals surface area (Å²) in [5, 5.41) is 6.57. The summed E-state index contributed by atoms with van der Waals surface area (Å²) in [7, 11) is 5.17. The molecule has 1 amide bonds. The second-order valence-corrected chi connectivity index (χ2v) is 4.84. The van der Waals surface area contributed by atoms with Gasteiger partial charge in [-0.15, -0.1) is 0 Å². The van der Waals surface area contributed by atoms with Crippen LogP contribution < -0.4 is 15.5 Å². The zero-order chi connectivity index (χ0) is 15.0. The lowest BCUT2D eigenvalue weighted by Crippen LogP contribution is -2.33. The summed E-state index contributed by atoms with van der Waals surface area (Å²) in [6.45, 7) is 2.33. The Morgan fingerprint density at radius 3 is 2.85 bits per heavy atom. The Hall–Kier alpha value is -1.30. The normalized spacial score (nSPS) is 10.4. The Morgan fingerprint density at radius 2 is 2.20 bits per heavy atom. The predicted molar refractivity (Wildman–Crippen MR) is 82.4 cm³/mol. The molecule has 1 aromatic rings. The van der Waals surface area contributed by atoms with Crippen molar-refractivity contribution < 1.29 is 9.53 Å². The second kappa shape index (κ2) is 8.79. The van der Waals surface area contributed by atoms with Gasteiger partial charge in [0.1, 0.15) is 0 Å². The minimum Gasteiger partial charge on any atom is -0.383 e. The molecule has 0 atom stereocenters. The van der Waals surface area contributed by atoms with E-state index in [-0.39, 0.29) is 5.91 Å². The van der Waals surface area contributed by atoms with E-state index in [1.165, 1.54) is 0 Å². The van der Waals surface area contributed by atoms with Gasteiger partial charge in [0, 0.05) is 50.6 Å². The van der Waals surface area contributed by atoms with Crippen LogP contribution in [0.25, 0.3) is 0 Å². The summed E-state index contributed by atoms with van der Waals surface area (Å²) < 4.78 is 5.00. The van der Waals surface area contributed by atoms with Crippen LogP contribution in [0.2, 0.25) is 5.02 Å². The molecule has 1 aromatic carbocycles. The van der Waals surface area contributed by atoms with E-state index in [1.807, 2.05) is 30.1 Å². The minimum atomic E-state index is -0.0363. The summed E-state index contributed by atoms with van der Waals surface area (Å²) in [5.41, 5.74) is 1.93. The van der Waals surface area contributed by atoms with Crippen molar-refractivity contribution in [3.8, 4) is 0 Å². The maximum absolute atomic E-state index is 11.5. The molecule has 0 saturated heterocycles. The standard InChI is InChI=1S/C14H22ClN3O2/c1-16-14(19)10-18(2)13-6-4-5-12(15)11(13)9-17-7-8-20-3/h4-6,17H,7-10H2,1-3H3,(H,16,19). The SMILES string of the molecule is CNC(=O)CN(C)c1cccc(Cl)c1CNCCOC. The highest BCUT2D eigenvalue weighted by Gasteiger charge is 2.12. The fraction of sp³-hybridized carbons (Fsp3) is 0.500. The molecule has 0 saturated carbocycles. The molecule has 20 heavy (non-hydrogen) atoms. The Kier molecular flexibility index (Phi) is 7.36. The van der Waals surface area contributed by atoms with Crippen molar-refractivity contribution in [2.24, 2.45) is 0 Å². The summed E-state index contributed by atoms with van der Waals surface area (Å²) in [6, 6.07) is 5.70. The molecular formula is C14H22ClN3O2. The lowest BCUT2D eigenvalue weighted by atomic mass is 10.1. The van der Waals surface area contributed by atoms with Crippen LogP contribution >= 0.6 is 11.6 Å². The molecule has 0 radical (unpaired) electrons. The number of likely N-dealkylation sites (N-methyl/N-ethyl adjacent to an activating group) is 2. The number of hydrogen-bond donors (Lipinski definition) is 2. The van der Waals surface area contributed by atoms with Crippen LogP contribution in [0.15, 0.2) is 18.2 Å². The molecule has 0 spiro atoms. The van der Waals surface area contributed by atoms with Gasteiger partial charge in [0.15, 0.2) is 0 Å². The summed E-state index contributed by atoms with van der Waals surface area (Å²) in [6.07, 6.45) is 0. The first-order chi connectivity index (χ1) is 9.60. The van der Waals surface area contributed by atoms with Crippen molar-refractivity contribution in [3.63, 3.8) is 0 Å². The van der Waals surface area contributed by atoms with E-state index < -0.39 is 0 Å². The van der Waals surface area contributed by atoms with Crippen molar-refractivity contribution >= 4 is 23.2 Å². The number of methoxy groups -OCH3 is 1. The van der Waals surface area contributed by atoms with Crippen molar-refractivity contribution in [3.05, 3.63) is 28.8 Å². The van der Waals surface area contributed by atoms with Crippen LogP contribution in [0.5, 0.6) is 0 Å². The van der Waals surface area contributed by atoms with Gasteiger partial charge < -0.3 is 20.3 Å². The summed E-state index contributed by atoms with van der Waals surface area (Å²) in [4.78, 5) is 13.4. The average Bonchev–Trinajstić information content (AvgIpc) is 2.44. The number of ether oxygens (including phenoxy) is 1. The Bertz CT molecular complexity index is 440. The summed E-state index contributed by atoms with van der Waals surface area (Å²) in [5.74, 6) is -0.0363. The van der Waals surface area contributed by atoms with Gasteiger partial charge in [-0.1, -0.05) is 17.7 Å². The number of anilines is 1. The predicted octanol–water partition coefficient (Wildman–Crippen LogP) is 1.26. The molecule has 5 nitrogen and oxygen atoms in total. The van der Waals surface area contributed by atoms with Gasteiger partial charge >= 0.3 is 0 Å². The Morgan fingerprint density at radius 1 is 1.45 bits per heavy atom. The second-order valence-electron chi connectivity index (χ2n) is 4.44.